The van der Waals surface area contributed by atoms with E-state index in [0.29, 0.717) is 6.07 Å². The number of rotatable bonds is 4. The van der Waals surface area contributed by atoms with Crippen LogP contribution in [0.5, 0.6) is 0 Å². The predicted molar refractivity (Wildman–Crippen MR) is 69.6 cm³/mol. The second-order valence-corrected chi connectivity index (χ2v) is 4.45. The molecule has 0 atom stereocenters. The fourth-order valence-corrected chi connectivity index (χ4v) is 1.70. The van der Waals surface area contributed by atoms with Gasteiger partial charge in [-0.05, 0) is 6.07 Å². The van der Waals surface area contributed by atoms with Crippen LogP contribution in [0.2, 0.25) is 5.02 Å². The second-order valence-electron chi connectivity index (χ2n) is 4.05. The third-order valence-corrected chi connectivity index (χ3v) is 2.70. The Labute approximate surface area is 130 Å². The highest BCUT2D eigenvalue weighted by Crippen LogP contribution is 2.35. The topological polar surface area (TPSA) is 92.5 Å². The first-order valence-corrected chi connectivity index (χ1v) is 6.11. The minimum atomic E-state index is -4.78. The Kier molecular flexibility index (Phi) is 5.64. The van der Waals surface area contributed by atoms with E-state index >= 15 is 0 Å². The van der Waals surface area contributed by atoms with Gasteiger partial charge in [-0.25, -0.2) is 10.1 Å². The van der Waals surface area contributed by atoms with Crippen LogP contribution in [-0.4, -0.2) is 29.6 Å². The third-order valence-electron chi connectivity index (χ3n) is 2.41. The smallest absolute Gasteiger partial charge is 0.354 e. The zero-order valence-corrected chi connectivity index (χ0v) is 12.0. The number of alkyl halides is 5. The summed E-state index contributed by atoms with van der Waals surface area (Å²) in [5, 5.41) is 15.0. The van der Waals surface area contributed by atoms with Crippen molar-refractivity contribution in [3.8, 4) is 0 Å². The Morgan fingerprint density at radius 2 is 2.04 bits per heavy atom. The van der Waals surface area contributed by atoms with Crippen molar-refractivity contribution in [2.45, 2.75) is 12.1 Å². The first-order chi connectivity index (χ1) is 10.5. The molecule has 0 fully saturated rings. The van der Waals surface area contributed by atoms with Crippen LogP contribution in [0.4, 0.5) is 22.0 Å². The SMILES string of the molecule is CNC(=N[N+](=O)[O-])NCC(F)(F)c1ncc(C(F)(F)F)cc1Cl. The van der Waals surface area contributed by atoms with E-state index in [-0.39, 0.29) is 6.20 Å². The van der Waals surface area contributed by atoms with E-state index in [9.17, 15) is 32.1 Å². The number of aromatic nitrogens is 1. The van der Waals surface area contributed by atoms with Crippen LogP contribution in [-0.2, 0) is 12.1 Å². The highest BCUT2D eigenvalue weighted by atomic mass is 35.5. The lowest BCUT2D eigenvalue weighted by atomic mass is 10.1. The van der Waals surface area contributed by atoms with Crippen molar-refractivity contribution in [2.75, 3.05) is 13.6 Å². The second kappa shape index (κ2) is 6.89. The van der Waals surface area contributed by atoms with Crippen LogP contribution in [0, 0.1) is 10.1 Å². The highest BCUT2D eigenvalue weighted by Gasteiger charge is 2.38. The van der Waals surface area contributed by atoms with Gasteiger partial charge < -0.3 is 10.6 Å². The molecule has 7 nitrogen and oxygen atoms in total. The average molecular weight is 362 g/mol. The van der Waals surface area contributed by atoms with Gasteiger partial charge in [0.2, 0.25) is 0 Å². The molecule has 0 saturated carbocycles. The molecule has 0 unspecified atom stereocenters. The summed E-state index contributed by atoms with van der Waals surface area (Å²) in [4.78, 5) is 13.2. The van der Waals surface area contributed by atoms with Crippen molar-refractivity contribution in [1.82, 2.24) is 15.6 Å². The molecule has 0 aliphatic carbocycles. The molecule has 0 aromatic carbocycles. The maximum Gasteiger partial charge on any atom is 0.417 e. The zero-order chi connectivity index (χ0) is 17.8. The molecule has 128 valence electrons. The Morgan fingerprint density at radius 3 is 2.48 bits per heavy atom. The monoisotopic (exact) mass is 361 g/mol. The van der Waals surface area contributed by atoms with Crippen molar-refractivity contribution in [3.05, 3.63) is 38.7 Å². The summed E-state index contributed by atoms with van der Waals surface area (Å²) in [6, 6.07) is 0.321. The van der Waals surface area contributed by atoms with Gasteiger partial charge in [0.1, 0.15) is 10.8 Å². The fraction of sp³-hybridized carbons (Fsp3) is 0.400. The van der Waals surface area contributed by atoms with Gasteiger partial charge in [-0.3, -0.25) is 4.98 Å². The van der Waals surface area contributed by atoms with Gasteiger partial charge in [-0.15, -0.1) is 0 Å². The first-order valence-electron chi connectivity index (χ1n) is 5.73. The summed E-state index contributed by atoms with van der Waals surface area (Å²) < 4.78 is 65.2. The number of nitrogens with one attached hydrogen (secondary N) is 2. The van der Waals surface area contributed by atoms with Crippen LogP contribution >= 0.6 is 11.6 Å². The Morgan fingerprint density at radius 1 is 1.43 bits per heavy atom. The maximum atomic E-state index is 13.9. The van der Waals surface area contributed by atoms with E-state index < -0.39 is 45.9 Å². The summed E-state index contributed by atoms with van der Waals surface area (Å²) in [5.74, 6) is -4.37. The quantitative estimate of drug-likeness (QED) is 0.282. The first kappa shape index (κ1) is 18.8. The summed E-state index contributed by atoms with van der Waals surface area (Å²) in [6.45, 7) is -1.22. The number of hydrogen-bond acceptors (Lipinski definition) is 3. The van der Waals surface area contributed by atoms with Crippen LogP contribution in [0.25, 0.3) is 0 Å². The van der Waals surface area contributed by atoms with Crippen molar-refractivity contribution in [2.24, 2.45) is 5.10 Å². The lowest BCUT2D eigenvalue weighted by molar-refractivity contribution is -0.485. The molecule has 0 radical (unpaired) electrons. The lowest BCUT2D eigenvalue weighted by Crippen LogP contribution is -2.42. The van der Waals surface area contributed by atoms with Gasteiger partial charge in [0.15, 0.2) is 5.03 Å². The Balaban J connectivity index is 2.98. The Bertz CT molecular complexity index is 622. The third kappa shape index (κ3) is 5.16. The number of halogens is 6. The molecule has 1 heterocycles. The maximum absolute atomic E-state index is 13.9. The van der Waals surface area contributed by atoms with Crippen molar-refractivity contribution in [3.63, 3.8) is 0 Å². The lowest BCUT2D eigenvalue weighted by Gasteiger charge is -2.18. The van der Waals surface area contributed by atoms with Gasteiger partial charge in [-0.1, -0.05) is 11.6 Å². The number of hydrogen-bond donors (Lipinski definition) is 2. The molecule has 1 aromatic heterocycles. The number of nitro groups is 1. The summed E-state index contributed by atoms with van der Waals surface area (Å²) in [7, 11) is 1.19. The van der Waals surface area contributed by atoms with Crippen molar-refractivity contribution >= 4 is 17.6 Å². The molecule has 0 spiro atoms. The Hall–Kier alpha value is -2.24. The molecular formula is C10H9ClF5N5O2. The minimum Gasteiger partial charge on any atom is -0.354 e. The standard InChI is InChI=1S/C10H9ClF5N5O2/c1-17-8(20-21(22)23)19-4-9(12,13)7-6(11)2-5(3-18-7)10(14,15)16/h2-3H,4H2,1H3,(H2,17,19,20). The van der Waals surface area contributed by atoms with E-state index in [0.717, 1.165) is 0 Å². The van der Waals surface area contributed by atoms with E-state index in [1.54, 1.807) is 0 Å². The molecule has 0 saturated heterocycles. The molecule has 0 aliphatic rings. The molecule has 0 bridgehead atoms. The zero-order valence-electron chi connectivity index (χ0n) is 11.3. The number of hydrazone groups is 1. The average Bonchev–Trinajstić information content (AvgIpc) is 2.41. The van der Waals surface area contributed by atoms with Crippen LogP contribution in [0.3, 0.4) is 0 Å². The molecule has 0 amide bonds. The fourth-order valence-electron chi connectivity index (χ4n) is 1.40. The molecule has 13 heteroatoms. The van der Waals surface area contributed by atoms with Gasteiger partial charge in [0, 0.05) is 13.2 Å². The predicted octanol–water partition coefficient (Wildman–Crippen LogP) is 2.20. The number of nitrogens with zero attached hydrogens (tertiary/aromatic N) is 3. The summed E-state index contributed by atoms with van der Waals surface area (Å²) in [6.07, 6.45) is -4.56. The largest absolute Gasteiger partial charge is 0.417 e. The van der Waals surface area contributed by atoms with Crippen molar-refractivity contribution in [1.29, 1.82) is 0 Å². The molecule has 23 heavy (non-hydrogen) atoms. The summed E-state index contributed by atoms with van der Waals surface area (Å²) >= 11 is 5.43. The summed E-state index contributed by atoms with van der Waals surface area (Å²) in [5.41, 5.74) is -2.38. The minimum absolute atomic E-state index is 0.221. The van der Waals surface area contributed by atoms with Gasteiger partial charge in [0.05, 0.1) is 17.1 Å². The number of guanidine groups is 1. The van der Waals surface area contributed by atoms with Gasteiger partial charge >= 0.3 is 12.1 Å². The van der Waals surface area contributed by atoms with Crippen LogP contribution < -0.4 is 10.6 Å². The van der Waals surface area contributed by atoms with Crippen molar-refractivity contribution < 1.29 is 27.0 Å². The molecule has 0 aliphatic heterocycles. The van der Waals surface area contributed by atoms with E-state index in [1.165, 1.54) is 7.05 Å². The van der Waals surface area contributed by atoms with E-state index in [4.69, 9.17) is 11.6 Å². The normalized spacial score (nSPS) is 12.9. The molecular weight excluding hydrogens is 353 g/mol. The molecule has 1 rings (SSSR count). The van der Waals surface area contributed by atoms with Gasteiger partial charge in [0.25, 0.3) is 5.96 Å². The molecule has 1 aromatic rings. The molecule has 2 N–H and O–H groups in total. The number of pyridine rings is 1. The van der Waals surface area contributed by atoms with Crippen LogP contribution in [0.15, 0.2) is 17.4 Å². The van der Waals surface area contributed by atoms with Gasteiger partial charge in [-0.2, -0.15) is 22.0 Å². The van der Waals surface area contributed by atoms with Crippen LogP contribution in [0.1, 0.15) is 11.3 Å². The van der Waals surface area contributed by atoms with E-state index in [2.05, 4.69) is 15.4 Å². The highest BCUT2D eigenvalue weighted by molar-refractivity contribution is 6.31. The van der Waals surface area contributed by atoms with E-state index in [1.807, 2.05) is 5.32 Å².